The monoisotopic (exact) mass is 267 g/mol. The van der Waals surface area contributed by atoms with Crippen LogP contribution in [0.1, 0.15) is 26.2 Å². The first-order valence-corrected chi connectivity index (χ1v) is 6.65. The fraction of sp³-hybridized carbons (Fsp3) is 0.692. The van der Waals surface area contributed by atoms with Crippen LogP contribution in [0.5, 0.6) is 0 Å². The van der Waals surface area contributed by atoms with Gasteiger partial charge in [-0.15, -0.1) is 0 Å². The predicted molar refractivity (Wildman–Crippen MR) is 72.0 cm³/mol. The Morgan fingerprint density at radius 3 is 3.05 bits per heavy atom. The molecule has 2 rings (SSSR count). The molecule has 1 fully saturated rings. The van der Waals surface area contributed by atoms with E-state index in [1.54, 1.807) is 13.3 Å². The van der Waals surface area contributed by atoms with E-state index < -0.39 is 11.8 Å². The molecule has 106 valence electrons. The lowest BCUT2D eigenvalue weighted by atomic mass is 10.1. The van der Waals surface area contributed by atoms with E-state index in [4.69, 9.17) is 9.84 Å². The fourth-order valence-corrected chi connectivity index (χ4v) is 2.80. The normalized spacial score (nSPS) is 31.1. The molecule has 1 saturated heterocycles. The minimum absolute atomic E-state index is 0.187. The van der Waals surface area contributed by atoms with Gasteiger partial charge in [0.15, 0.2) is 5.79 Å². The van der Waals surface area contributed by atoms with Gasteiger partial charge in [-0.25, -0.2) is 9.79 Å². The van der Waals surface area contributed by atoms with E-state index in [0.717, 1.165) is 25.8 Å². The highest BCUT2D eigenvalue weighted by molar-refractivity contribution is 6.08. The molecule has 0 saturated carbocycles. The zero-order valence-corrected chi connectivity index (χ0v) is 11.4. The van der Waals surface area contributed by atoms with Crippen LogP contribution in [0.25, 0.3) is 0 Å². The molecule has 0 amide bonds. The van der Waals surface area contributed by atoms with E-state index in [9.17, 15) is 4.79 Å². The predicted octanol–water partition coefficient (Wildman–Crippen LogP) is 0.803. The van der Waals surface area contributed by atoms with Crippen molar-refractivity contribution in [2.24, 2.45) is 4.99 Å². The van der Waals surface area contributed by atoms with Gasteiger partial charge in [-0.3, -0.25) is 4.90 Å². The highest BCUT2D eigenvalue weighted by atomic mass is 16.5. The molecule has 2 N–H and O–H groups in total. The summed E-state index contributed by atoms with van der Waals surface area (Å²) in [6.45, 7) is 3.67. The fourth-order valence-electron chi connectivity index (χ4n) is 2.80. The Hall–Kier alpha value is -1.40. The molecule has 19 heavy (non-hydrogen) atoms. The summed E-state index contributed by atoms with van der Waals surface area (Å²) in [5.41, 5.74) is 0.187. The van der Waals surface area contributed by atoms with E-state index in [-0.39, 0.29) is 5.57 Å². The molecule has 0 bridgehead atoms. The molecule has 2 heterocycles. The van der Waals surface area contributed by atoms with Crippen molar-refractivity contribution < 1.29 is 14.6 Å². The highest BCUT2D eigenvalue weighted by Gasteiger charge is 2.42. The second kappa shape index (κ2) is 5.71. The molecule has 6 heteroatoms. The van der Waals surface area contributed by atoms with E-state index >= 15 is 0 Å². The number of aliphatic carboxylic acids is 1. The standard InChI is InChI=1S/C13H21N3O3/c1-3-13(14-7-10(8-15-13)12(17)18)16-6-4-5-11(16)9-19-2/h7-8,11,14H,3-6,9H2,1-2H3,(H,17,18)/t11-,13?/m1/s1. The molecule has 1 unspecified atom stereocenters. The van der Waals surface area contributed by atoms with Crippen molar-refractivity contribution in [2.45, 2.75) is 38.0 Å². The van der Waals surface area contributed by atoms with Crippen molar-refractivity contribution in [1.82, 2.24) is 10.2 Å². The smallest absolute Gasteiger partial charge is 0.338 e. The van der Waals surface area contributed by atoms with Crippen LogP contribution in [-0.2, 0) is 9.53 Å². The summed E-state index contributed by atoms with van der Waals surface area (Å²) in [5.74, 6) is -1.49. The van der Waals surface area contributed by atoms with Crippen LogP contribution in [0.15, 0.2) is 16.8 Å². The van der Waals surface area contributed by atoms with Crippen molar-refractivity contribution in [1.29, 1.82) is 0 Å². The Labute approximate surface area is 113 Å². The lowest BCUT2D eigenvalue weighted by molar-refractivity contribution is -0.132. The number of carbonyl (C=O) groups is 1. The number of hydrogen-bond donors (Lipinski definition) is 2. The first-order chi connectivity index (χ1) is 9.13. The van der Waals surface area contributed by atoms with Gasteiger partial charge >= 0.3 is 5.97 Å². The quantitative estimate of drug-likeness (QED) is 0.771. The number of aliphatic imine (C=N–C) groups is 1. The molecular formula is C13H21N3O3. The average Bonchev–Trinajstić information content (AvgIpc) is 2.88. The maximum Gasteiger partial charge on any atom is 0.338 e. The Morgan fingerprint density at radius 2 is 2.53 bits per heavy atom. The minimum Gasteiger partial charge on any atom is -0.478 e. The van der Waals surface area contributed by atoms with Gasteiger partial charge < -0.3 is 15.2 Å². The first kappa shape index (κ1) is 14.0. The second-order valence-corrected chi connectivity index (χ2v) is 4.92. The molecule has 2 atom stereocenters. The molecule has 2 aliphatic heterocycles. The van der Waals surface area contributed by atoms with Crippen LogP contribution >= 0.6 is 0 Å². The number of nitrogens with one attached hydrogen (secondary N) is 1. The van der Waals surface area contributed by atoms with Crippen LogP contribution in [0.2, 0.25) is 0 Å². The van der Waals surface area contributed by atoms with Crippen LogP contribution in [-0.4, -0.2) is 54.3 Å². The molecule has 0 radical (unpaired) electrons. The van der Waals surface area contributed by atoms with Crippen molar-refractivity contribution in [3.8, 4) is 0 Å². The largest absolute Gasteiger partial charge is 0.478 e. The zero-order chi connectivity index (χ0) is 13.9. The number of carboxylic acids is 1. The first-order valence-electron chi connectivity index (χ1n) is 6.65. The number of rotatable bonds is 5. The summed E-state index contributed by atoms with van der Waals surface area (Å²) in [5, 5.41) is 12.1. The number of carboxylic acid groups (broad SMARTS) is 1. The number of ether oxygens (including phenoxy) is 1. The van der Waals surface area contributed by atoms with Gasteiger partial charge in [0.2, 0.25) is 0 Å². The minimum atomic E-state index is -0.962. The van der Waals surface area contributed by atoms with Crippen LogP contribution < -0.4 is 5.32 Å². The third-order valence-electron chi connectivity index (χ3n) is 3.83. The van der Waals surface area contributed by atoms with Gasteiger partial charge in [0, 0.05) is 38.5 Å². The Balaban J connectivity index is 2.17. The van der Waals surface area contributed by atoms with Gasteiger partial charge in [-0.1, -0.05) is 6.92 Å². The Bertz CT molecular complexity index is 408. The highest BCUT2D eigenvalue weighted by Crippen LogP contribution is 2.30. The molecule has 0 spiro atoms. The number of nitrogens with zero attached hydrogens (tertiary/aromatic N) is 2. The number of likely N-dealkylation sites (tertiary alicyclic amines) is 1. The third-order valence-corrected chi connectivity index (χ3v) is 3.83. The zero-order valence-electron chi connectivity index (χ0n) is 11.4. The maximum atomic E-state index is 10.9. The van der Waals surface area contributed by atoms with E-state index in [1.165, 1.54) is 6.21 Å². The summed E-state index contributed by atoms with van der Waals surface area (Å²) in [6, 6.07) is 0.328. The van der Waals surface area contributed by atoms with E-state index in [0.29, 0.717) is 12.6 Å². The van der Waals surface area contributed by atoms with Gasteiger partial charge in [-0.2, -0.15) is 0 Å². The summed E-state index contributed by atoms with van der Waals surface area (Å²) in [4.78, 5) is 17.7. The molecule has 6 nitrogen and oxygen atoms in total. The Kier molecular flexibility index (Phi) is 4.21. The SMILES string of the molecule is CCC1(N2CCC[C@@H]2COC)N=CC(C(=O)O)=CN1. The van der Waals surface area contributed by atoms with E-state index in [1.807, 2.05) is 6.92 Å². The van der Waals surface area contributed by atoms with Gasteiger partial charge in [0.05, 0.1) is 12.2 Å². The van der Waals surface area contributed by atoms with Gasteiger partial charge in [0.1, 0.15) is 0 Å². The van der Waals surface area contributed by atoms with Crippen LogP contribution in [0.4, 0.5) is 0 Å². The average molecular weight is 267 g/mol. The Morgan fingerprint density at radius 1 is 1.74 bits per heavy atom. The van der Waals surface area contributed by atoms with E-state index in [2.05, 4.69) is 15.2 Å². The molecule has 0 aromatic carbocycles. The van der Waals surface area contributed by atoms with Crippen LogP contribution in [0.3, 0.4) is 0 Å². The summed E-state index contributed by atoms with van der Waals surface area (Å²) < 4.78 is 5.26. The molecule has 0 aromatic heterocycles. The molecular weight excluding hydrogens is 246 g/mol. The second-order valence-electron chi connectivity index (χ2n) is 4.92. The molecule has 0 aliphatic carbocycles. The lowest BCUT2D eigenvalue weighted by Gasteiger charge is -2.42. The maximum absolute atomic E-state index is 10.9. The lowest BCUT2D eigenvalue weighted by Crippen LogP contribution is -2.59. The van der Waals surface area contributed by atoms with Gasteiger partial charge in [0.25, 0.3) is 0 Å². The summed E-state index contributed by atoms with van der Waals surface area (Å²) >= 11 is 0. The van der Waals surface area contributed by atoms with Crippen molar-refractivity contribution in [2.75, 3.05) is 20.3 Å². The number of methoxy groups -OCH3 is 1. The van der Waals surface area contributed by atoms with Crippen molar-refractivity contribution in [3.05, 3.63) is 11.8 Å². The van der Waals surface area contributed by atoms with Crippen molar-refractivity contribution >= 4 is 12.2 Å². The van der Waals surface area contributed by atoms with Crippen molar-refractivity contribution in [3.63, 3.8) is 0 Å². The summed E-state index contributed by atoms with van der Waals surface area (Å²) in [6.07, 6.45) is 5.96. The topological polar surface area (TPSA) is 74.2 Å². The molecule has 2 aliphatic rings. The molecule has 0 aromatic rings. The third kappa shape index (κ3) is 2.64. The van der Waals surface area contributed by atoms with Crippen LogP contribution in [0, 0.1) is 0 Å². The summed E-state index contributed by atoms with van der Waals surface area (Å²) in [7, 11) is 1.70. The van der Waals surface area contributed by atoms with Gasteiger partial charge in [-0.05, 0) is 12.8 Å². The number of hydrogen-bond acceptors (Lipinski definition) is 5.